The fraction of sp³-hybridized carbons (Fsp3) is 0.467. The van der Waals surface area contributed by atoms with Crippen molar-refractivity contribution in [3.8, 4) is 5.75 Å². The number of amides is 1. The van der Waals surface area contributed by atoms with E-state index < -0.39 is 28.3 Å². The maximum Gasteiger partial charge on any atom is 0.339 e. The number of rotatable bonds is 5. The highest BCUT2D eigenvalue weighted by Gasteiger charge is 2.33. The third-order valence-electron chi connectivity index (χ3n) is 3.87. The average Bonchev–Trinajstić information content (AvgIpc) is 2.92. The van der Waals surface area contributed by atoms with Crippen LogP contribution in [0.3, 0.4) is 0 Å². The van der Waals surface area contributed by atoms with Crippen LogP contribution in [0.1, 0.15) is 16.8 Å². The van der Waals surface area contributed by atoms with Gasteiger partial charge in [0.2, 0.25) is 0 Å². The monoisotopic (exact) mass is 419 g/mol. The van der Waals surface area contributed by atoms with Crippen LogP contribution in [0.25, 0.3) is 0 Å². The van der Waals surface area contributed by atoms with Crippen LogP contribution in [-0.4, -0.2) is 63.5 Å². The first kappa shape index (κ1) is 18.7. The van der Waals surface area contributed by atoms with Gasteiger partial charge in [0.1, 0.15) is 5.75 Å². The van der Waals surface area contributed by atoms with Crippen molar-refractivity contribution in [2.24, 2.45) is 0 Å². The van der Waals surface area contributed by atoms with Gasteiger partial charge in [-0.1, -0.05) is 0 Å². The molecule has 9 heteroatoms. The van der Waals surface area contributed by atoms with E-state index in [-0.39, 0.29) is 23.1 Å². The first-order chi connectivity index (χ1) is 11.2. The van der Waals surface area contributed by atoms with Gasteiger partial charge in [0.15, 0.2) is 16.4 Å². The predicted molar refractivity (Wildman–Crippen MR) is 90.8 cm³/mol. The van der Waals surface area contributed by atoms with E-state index in [4.69, 9.17) is 9.47 Å². The molecule has 1 aromatic rings. The summed E-state index contributed by atoms with van der Waals surface area (Å²) >= 11 is 3.24. The van der Waals surface area contributed by atoms with Crippen molar-refractivity contribution in [1.82, 2.24) is 4.90 Å². The highest BCUT2D eigenvalue weighted by Crippen LogP contribution is 2.23. The molecule has 1 fully saturated rings. The molecule has 0 N–H and O–H groups in total. The number of nitrogens with zero attached hydrogens (tertiary/aromatic N) is 1. The van der Waals surface area contributed by atoms with Crippen LogP contribution in [0.4, 0.5) is 0 Å². The van der Waals surface area contributed by atoms with Crippen LogP contribution in [0.15, 0.2) is 22.7 Å². The van der Waals surface area contributed by atoms with Crippen molar-refractivity contribution in [2.45, 2.75) is 12.5 Å². The Morgan fingerprint density at radius 2 is 2.08 bits per heavy atom. The summed E-state index contributed by atoms with van der Waals surface area (Å²) in [5, 5.41) is 0. The molecule has 0 aromatic heterocycles. The van der Waals surface area contributed by atoms with E-state index in [2.05, 4.69) is 15.9 Å². The van der Waals surface area contributed by atoms with Crippen LogP contribution in [0.2, 0.25) is 0 Å². The molecular formula is C15H18BrNO6S. The Balaban J connectivity index is 1.95. The molecule has 0 spiro atoms. The molecule has 7 nitrogen and oxygen atoms in total. The smallest absolute Gasteiger partial charge is 0.339 e. The number of likely N-dealkylation sites (N-methyl/N-ethyl adjacent to an activating group) is 1. The molecule has 1 amide bonds. The van der Waals surface area contributed by atoms with Gasteiger partial charge in [-0.15, -0.1) is 0 Å². The van der Waals surface area contributed by atoms with Crippen LogP contribution in [0.5, 0.6) is 5.75 Å². The molecule has 1 aliphatic rings. The molecule has 0 radical (unpaired) electrons. The fourth-order valence-corrected chi connectivity index (χ4v) is 4.56. The Bertz CT molecular complexity index is 748. The summed E-state index contributed by atoms with van der Waals surface area (Å²) in [6, 6.07) is 4.46. The molecule has 24 heavy (non-hydrogen) atoms. The lowest BCUT2D eigenvalue weighted by Gasteiger charge is -2.23. The van der Waals surface area contributed by atoms with E-state index in [9.17, 15) is 18.0 Å². The zero-order valence-corrected chi connectivity index (χ0v) is 15.7. The van der Waals surface area contributed by atoms with Crippen LogP contribution in [-0.2, 0) is 19.4 Å². The minimum atomic E-state index is -3.08. The lowest BCUT2D eigenvalue weighted by atomic mass is 10.2. The molecule has 0 aliphatic carbocycles. The van der Waals surface area contributed by atoms with E-state index in [0.29, 0.717) is 16.6 Å². The summed E-state index contributed by atoms with van der Waals surface area (Å²) < 4.78 is 33.6. The van der Waals surface area contributed by atoms with Gasteiger partial charge in [0.05, 0.1) is 24.2 Å². The molecule has 1 aliphatic heterocycles. The normalized spacial score (nSPS) is 18.9. The summed E-state index contributed by atoms with van der Waals surface area (Å²) in [5.41, 5.74) is 0.244. The van der Waals surface area contributed by atoms with Crippen molar-refractivity contribution >= 4 is 37.6 Å². The lowest BCUT2D eigenvalue weighted by molar-refractivity contribution is -0.134. The largest absolute Gasteiger partial charge is 0.497 e. The van der Waals surface area contributed by atoms with Gasteiger partial charge >= 0.3 is 5.97 Å². The molecule has 0 saturated carbocycles. The Morgan fingerprint density at radius 3 is 2.67 bits per heavy atom. The van der Waals surface area contributed by atoms with Gasteiger partial charge in [-0.3, -0.25) is 4.79 Å². The van der Waals surface area contributed by atoms with Crippen molar-refractivity contribution in [1.29, 1.82) is 0 Å². The zero-order valence-electron chi connectivity index (χ0n) is 13.3. The molecule has 1 saturated heterocycles. The minimum Gasteiger partial charge on any atom is -0.497 e. The van der Waals surface area contributed by atoms with Gasteiger partial charge in [-0.2, -0.15) is 0 Å². The van der Waals surface area contributed by atoms with Crippen LogP contribution < -0.4 is 4.74 Å². The summed E-state index contributed by atoms with van der Waals surface area (Å²) in [5.74, 6) is -0.591. The lowest BCUT2D eigenvalue weighted by Crippen LogP contribution is -2.40. The number of carbonyl (C=O) groups excluding carboxylic acids is 2. The van der Waals surface area contributed by atoms with Crippen molar-refractivity contribution < 1.29 is 27.5 Å². The van der Waals surface area contributed by atoms with Crippen molar-refractivity contribution in [3.05, 3.63) is 28.2 Å². The summed E-state index contributed by atoms with van der Waals surface area (Å²) in [6.45, 7) is -0.449. The third kappa shape index (κ3) is 4.47. The van der Waals surface area contributed by atoms with Crippen molar-refractivity contribution in [2.75, 3.05) is 32.3 Å². The molecule has 1 atom stereocenters. The Hall–Kier alpha value is -1.61. The fourth-order valence-electron chi connectivity index (χ4n) is 2.38. The van der Waals surface area contributed by atoms with Gasteiger partial charge in [-0.05, 0) is 40.5 Å². The number of halogens is 1. The molecule has 132 valence electrons. The SMILES string of the molecule is COc1ccc(Br)c(C(=O)OCC(=O)N(C)C2CCS(=O)(=O)C2)c1. The van der Waals surface area contributed by atoms with Crippen molar-refractivity contribution in [3.63, 3.8) is 0 Å². The number of hydrogen-bond acceptors (Lipinski definition) is 6. The quantitative estimate of drug-likeness (QED) is 0.667. The summed E-state index contributed by atoms with van der Waals surface area (Å²) in [6.07, 6.45) is 0.403. The standard InChI is InChI=1S/C15H18BrNO6S/c1-17(10-5-6-24(20,21)9-10)14(18)8-23-15(19)12-7-11(22-2)3-4-13(12)16/h3-4,7,10H,5-6,8-9H2,1-2H3. The Kier molecular flexibility index (Phi) is 5.87. The zero-order chi connectivity index (χ0) is 17.9. The maximum absolute atomic E-state index is 12.1. The van der Waals surface area contributed by atoms with Crippen LogP contribution in [0, 0.1) is 0 Å². The third-order valence-corrected chi connectivity index (χ3v) is 6.31. The second kappa shape index (κ2) is 7.52. The average molecular weight is 420 g/mol. The molecule has 2 rings (SSSR count). The number of sulfone groups is 1. The first-order valence-corrected chi connectivity index (χ1v) is 9.81. The number of hydrogen-bond donors (Lipinski definition) is 0. The van der Waals surface area contributed by atoms with E-state index in [1.165, 1.54) is 25.1 Å². The number of esters is 1. The molecule has 1 heterocycles. The molecular weight excluding hydrogens is 402 g/mol. The summed E-state index contributed by atoms with van der Waals surface area (Å²) in [7, 11) is -0.0877. The number of ether oxygens (including phenoxy) is 2. The second-order valence-corrected chi connectivity index (χ2v) is 8.57. The van der Waals surface area contributed by atoms with Gasteiger partial charge in [0.25, 0.3) is 5.91 Å². The first-order valence-electron chi connectivity index (χ1n) is 7.20. The van der Waals surface area contributed by atoms with E-state index >= 15 is 0 Å². The number of benzene rings is 1. The van der Waals surface area contributed by atoms with Gasteiger partial charge in [0, 0.05) is 17.6 Å². The highest BCUT2D eigenvalue weighted by atomic mass is 79.9. The maximum atomic E-state index is 12.1. The second-order valence-electron chi connectivity index (χ2n) is 5.48. The molecule has 1 aromatic carbocycles. The summed E-state index contributed by atoms with van der Waals surface area (Å²) in [4.78, 5) is 25.5. The van der Waals surface area contributed by atoms with Gasteiger partial charge < -0.3 is 14.4 Å². The Morgan fingerprint density at radius 1 is 1.38 bits per heavy atom. The van der Waals surface area contributed by atoms with E-state index in [1.807, 2.05) is 0 Å². The number of carbonyl (C=O) groups is 2. The highest BCUT2D eigenvalue weighted by molar-refractivity contribution is 9.10. The molecule has 0 bridgehead atoms. The van der Waals surface area contributed by atoms with Gasteiger partial charge in [-0.25, -0.2) is 13.2 Å². The van der Waals surface area contributed by atoms with E-state index in [0.717, 1.165) is 0 Å². The number of methoxy groups -OCH3 is 1. The minimum absolute atomic E-state index is 0.0510. The molecule has 1 unspecified atom stereocenters. The van der Waals surface area contributed by atoms with Crippen LogP contribution >= 0.6 is 15.9 Å². The van der Waals surface area contributed by atoms with E-state index in [1.54, 1.807) is 12.1 Å². The Labute approximate surface area is 149 Å². The predicted octanol–water partition coefficient (Wildman–Crippen LogP) is 1.26. The topological polar surface area (TPSA) is 90.0 Å².